The second-order valence-electron chi connectivity index (χ2n) is 6.97. The van der Waals surface area contributed by atoms with Crippen molar-refractivity contribution in [3.63, 3.8) is 0 Å². The molecule has 0 saturated carbocycles. The highest BCUT2D eigenvalue weighted by molar-refractivity contribution is 6.01. The summed E-state index contributed by atoms with van der Waals surface area (Å²) in [7, 11) is 2.12. The highest BCUT2D eigenvalue weighted by atomic mass is 19.1. The Bertz CT molecular complexity index is 815. The average Bonchev–Trinajstić information content (AvgIpc) is 2.68. The van der Waals surface area contributed by atoms with Gasteiger partial charge in [-0.3, -0.25) is 9.59 Å². The smallest absolute Gasteiger partial charge is 0.244 e. The molecule has 0 aliphatic carbocycles. The van der Waals surface area contributed by atoms with Gasteiger partial charge in [-0.05, 0) is 55.6 Å². The molecule has 1 aliphatic rings. The van der Waals surface area contributed by atoms with Gasteiger partial charge in [0.15, 0.2) is 0 Å². The topological polar surface area (TPSA) is 55.9 Å². The molecule has 6 nitrogen and oxygen atoms in total. The lowest BCUT2D eigenvalue weighted by atomic mass is 10.2. The number of halogens is 1. The average molecular weight is 384 g/mol. The van der Waals surface area contributed by atoms with Gasteiger partial charge >= 0.3 is 0 Å². The number of carbonyl (C=O) groups excluding carboxylic acids is 2. The quantitative estimate of drug-likeness (QED) is 0.861. The highest BCUT2D eigenvalue weighted by Gasteiger charge is 2.17. The standard InChI is InChI=1S/C21H25FN4O2/c1-16(27)26(20-7-3-17(22)4-8-20)15-21(28)23-18-5-9-19(10-6-18)25-13-11-24(2)12-14-25/h3-10H,11-15H2,1-2H3,(H,23,28). The minimum Gasteiger partial charge on any atom is -0.369 e. The van der Waals surface area contributed by atoms with Gasteiger partial charge < -0.3 is 20.0 Å². The van der Waals surface area contributed by atoms with E-state index in [-0.39, 0.29) is 18.4 Å². The van der Waals surface area contributed by atoms with E-state index in [1.807, 2.05) is 24.3 Å². The van der Waals surface area contributed by atoms with Crippen LogP contribution in [0.4, 0.5) is 21.5 Å². The second-order valence-corrected chi connectivity index (χ2v) is 6.97. The lowest BCUT2D eigenvalue weighted by Crippen LogP contribution is -2.44. The molecule has 148 valence electrons. The number of amides is 2. The molecule has 1 saturated heterocycles. The number of rotatable bonds is 5. The Morgan fingerprint density at radius 3 is 2.18 bits per heavy atom. The number of benzene rings is 2. The molecule has 2 amide bonds. The van der Waals surface area contributed by atoms with E-state index >= 15 is 0 Å². The molecule has 1 heterocycles. The summed E-state index contributed by atoms with van der Waals surface area (Å²) >= 11 is 0. The predicted molar refractivity (Wildman–Crippen MR) is 109 cm³/mol. The van der Waals surface area contributed by atoms with E-state index in [2.05, 4.69) is 22.2 Å². The zero-order valence-electron chi connectivity index (χ0n) is 16.2. The lowest BCUT2D eigenvalue weighted by Gasteiger charge is -2.34. The van der Waals surface area contributed by atoms with Crippen LogP contribution in [0.2, 0.25) is 0 Å². The number of carbonyl (C=O) groups is 2. The summed E-state index contributed by atoms with van der Waals surface area (Å²) in [6.07, 6.45) is 0. The molecular formula is C21H25FN4O2. The van der Waals surface area contributed by atoms with Crippen molar-refractivity contribution >= 4 is 28.9 Å². The SMILES string of the molecule is CC(=O)N(CC(=O)Nc1ccc(N2CCN(C)CC2)cc1)c1ccc(F)cc1. The van der Waals surface area contributed by atoms with Crippen LogP contribution >= 0.6 is 0 Å². The fourth-order valence-electron chi connectivity index (χ4n) is 3.17. The number of anilines is 3. The zero-order valence-corrected chi connectivity index (χ0v) is 16.2. The molecule has 1 aliphatic heterocycles. The van der Waals surface area contributed by atoms with Crippen LogP contribution in [0.3, 0.4) is 0 Å². The molecule has 28 heavy (non-hydrogen) atoms. The molecule has 0 radical (unpaired) electrons. The number of hydrogen-bond donors (Lipinski definition) is 1. The Hall–Kier alpha value is -2.93. The Morgan fingerprint density at radius 2 is 1.61 bits per heavy atom. The van der Waals surface area contributed by atoms with Crippen molar-refractivity contribution in [3.05, 3.63) is 54.3 Å². The van der Waals surface area contributed by atoms with Gasteiger partial charge in [0.2, 0.25) is 11.8 Å². The number of piperazine rings is 1. The summed E-state index contributed by atoms with van der Waals surface area (Å²) in [5.41, 5.74) is 2.28. The molecule has 0 atom stereocenters. The first-order chi connectivity index (χ1) is 13.4. The van der Waals surface area contributed by atoms with Crippen LogP contribution in [0.1, 0.15) is 6.92 Å². The third-order valence-electron chi connectivity index (χ3n) is 4.84. The van der Waals surface area contributed by atoms with Crippen LogP contribution in [0.25, 0.3) is 0 Å². The van der Waals surface area contributed by atoms with E-state index in [4.69, 9.17) is 0 Å². The molecule has 0 aromatic heterocycles. The first-order valence-electron chi connectivity index (χ1n) is 9.29. The van der Waals surface area contributed by atoms with Crippen LogP contribution in [0.5, 0.6) is 0 Å². The van der Waals surface area contributed by atoms with Crippen LogP contribution in [0, 0.1) is 5.82 Å². The summed E-state index contributed by atoms with van der Waals surface area (Å²) < 4.78 is 13.1. The normalized spacial score (nSPS) is 14.6. The van der Waals surface area contributed by atoms with E-state index < -0.39 is 5.82 Å². The van der Waals surface area contributed by atoms with E-state index in [1.54, 1.807) is 0 Å². The molecule has 7 heteroatoms. The molecule has 0 spiro atoms. The third kappa shape index (κ3) is 5.07. The summed E-state index contributed by atoms with van der Waals surface area (Å²) in [4.78, 5) is 30.2. The zero-order chi connectivity index (χ0) is 20.1. The highest BCUT2D eigenvalue weighted by Crippen LogP contribution is 2.20. The van der Waals surface area contributed by atoms with Gasteiger partial charge in [0.1, 0.15) is 12.4 Å². The molecule has 1 fully saturated rings. The minimum atomic E-state index is -0.392. The van der Waals surface area contributed by atoms with Gasteiger partial charge in [-0.1, -0.05) is 0 Å². The number of likely N-dealkylation sites (N-methyl/N-ethyl adjacent to an activating group) is 1. The van der Waals surface area contributed by atoms with Gasteiger partial charge in [0.05, 0.1) is 0 Å². The monoisotopic (exact) mass is 384 g/mol. The van der Waals surface area contributed by atoms with Crippen molar-refractivity contribution in [1.82, 2.24) is 4.90 Å². The predicted octanol–water partition coefficient (Wildman–Crippen LogP) is 2.57. The summed E-state index contributed by atoms with van der Waals surface area (Å²) in [6, 6.07) is 13.2. The van der Waals surface area contributed by atoms with Crippen molar-refractivity contribution in [2.75, 3.05) is 54.9 Å². The maximum Gasteiger partial charge on any atom is 0.244 e. The van der Waals surface area contributed by atoms with E-state index in [9.17, 15) is 14.0 Å². The Kier molecular flexibility index (Phi) is 6.26. The van der Waals surface area contributed by atoms with Crippen LogP contribution in [-0.4, -0.2) is 56.5 Å². The maximum atomic E-state index is 13.1. The Morgan fingerprint density at radius 1 is 1.00 bits per heavy atom. The number of hydrogen-bond acceptors (Lipinski definition) is 4. The lowest BCUT2D eigenvalue weighted by molar-refractivity contribution is -0.120. The van der Waals surface area contributed by atoms with Crippen molar-refractivity contribution in [2.45, 2.75) is 6.92 Å². The molecule has 0 unspecified atom stereocenters. The fraction of sp³-hybridized carbons (Fsp3) is 0.333. The van der Waals surface area contributed by atoms with Crippen molar-refractivity contribution in [2.24, 2.45) is 0 Å². The maximum absolute atomic E-state index is 13.1. The van der Waals surface area contributed by atoms with Crippen LogP contribution < -0.4 is 15.1 Å². The summed E-state index contributed by atoms with van der Waals surface area (Å²) in [5.74, 6) is -0.990. The van der Waals surface area contributed by atoms with E-state index in [0.717, 1.165) is 31.9 Å². The minimum absolute atomic E-state index is 0.138. The van der Waals surface area contributed by atoms with Gasteiger partial charge in [-0.2, -0.15) is 0 Å². The molecule has 0 bridgehead atoms. The molecule has 3 rings (SSSR count). The fourth-order valence-corrected chi connectivity index (χ4v) is 3.17. The largest absolute Gasteiger partial charge is 0.369 e. The first-order valence-corrected chi connectivity index (χ1v) is 9.29. The Labute approximate surface area is 164 Å². The van der Waals surface area contributed by atoms with Gasteiger partial charge in [-0.15, -0.1) is 0 Å². The molecule has 2 aromatic carbocycles. The van der Waals surface area contributed by atoms with Gasteiger partial charge in [0, 0.05) is 50.2 Å². The van der Waals surface area contributed by atoms with E-state index in [0.29, 0.717) is 11.4 Å². The Balaban J connectivity index is 1.60. The summed E-state index contributed by atoms with van der Waals surface area (Å²) in [6.45, 7) is 5.26. The second kappa shape index (κ2) is 8.84. The van der Waals surface area contributed by atoms with E-state index in [1.165, 1.54) is 36.1 Å². The molecule has 1 N–H and O–H groups in total. The first kappa shape index (κ1) is 19.8. The summed E-state index contributed by atoms with van der Waals surface area (Å²) in [5, 5.41) is 2.81. The number of nitrogens with one attached hydrogen (secondary N) is 1. The molecular weight excluding hydrogens is 359 g/mol. The third-order valence-corrected chi connectivity index (χ3v) is 4.84. The number of nitrogens with zero attached hydrogens (tertiary/aromatic N) is 3. The van der Waals surface area contributed by atoms with Crippen LogP contribution in [0.15, 0.2) is 48.5 Å². The van der Waals surface area contributed by atoms with Crippen molar-refractivity contribution in [1.29, 1.82) is 0 Å². The van der Waals surface area contributed by atoms with Crippen molar-refractivity contribution < 1.29 is 14.0 Å². The van der Waals surface area contributed by atoms with Gasteiger partial charge in [-0.25, -0.2) is 4.39 Å². The van der Waals surface area contributed by atoms with Crippen LogP contribution in [-0.2, 0) is 9.59 Å². The van der Waals surface area contributed by atoms with Gasteiger partial charge in [0.25, 0.3) is 0 Å². The van der Waals surface area contributed by atoms with Crippen molar-refractivity contribution in [3.8, 4) is 0 Å². The molecule has 2 aromatic rings.